The summed E-state index contributed by atoms with van der Waals surface area (Å²) in [5, 5.41) is 11.7. The molecule has 4 aromatic rings. The van der Waals surface area contributed by atoms with Gasteiger partial charge in [-0.3, -0.25) is 0 Å². The van der Waals surface area contributed by atoms with Gasteiger partial charge in [0.2, 0.25) is 0 Å². The maximum atomic E-state index is 9.88. The molecule has 0 aliphatic heterocycles. The number of benzene rings is 3. The van der Waals surface area contributed by atoms with E-state index in [0.717, 1.165) is 15.9 Å². The van der Waals surface area contributed by atoms with Crippen LogP contribution in [-0.2, 0) is 11.8 Å². The highest BCUT2D eigenvalue weighted by Crippen LogP contribution is 2.41. The Bertz CT molecular complexity index is 1100. The minimum absolute atomic E-state index is 0.0257. The molecule has 0 aliphatic carbocycles. The largest absolute Gasteiger partial charge is 0.396 e. The Labute approximate surface area is 183 Å². The molecule has 30 heavy (non-hydrogen) atoms. The van der Waals surface area contributed by atoms with E-state index in [4.69, 9.17) is 11.6 Å². The van der Waals surface area contributed by atoms with Crippen molar-refractivity contribution in [3.63, 3.8) is 0 Å². The number of hydrogen-bond donors (Lipinski definition) is 1. The second-order valence-electron chi connectivity index (χ2n) is 8.81. The number of halogens is 1. The van der Waals surface area contributed by atoms with Gasteiger partial charge in [-0.1, -0.05) is 93.0 Å². The molecule has 0 saturated carbocycles. The van der Waals surface area contributed by atoms with Gasteiger partial charge in [-0.05, 0) is 41.3 Å². The lowest BCUT2D eigenvalue weighted by Gasteiger charge is -2.30. The average molecular weight is 418 g/mol. The van der Waals surface area contributed by atoms with E-state index in [9.17, 15) is 5.11 Å². The van der Waals surface area contributed by atoms with Crippen molar-refractivity contribution >= 4 is 22.5 Å². The summed E-state index contributed by atoms with van der Waals surface area (Å²) in [6, 6.07) is 27.4. The van der Waals surface area contributed by atoms with E-state index < -0.39 is 0 Å². The van der Waals surface area contributed by atoms with Crippen LogP contribution in [0, 0.1) is 0 Å². The highest BCUT2D eigenvalue weighted by atomic mass is 35.5. The van der Waals surface area contributed by atoms with Crippen LogP contribution < -0.4 is 0 Å². The van der Waals surface area contributed by atoms with E-state index in [1.807, 2.05) is 12.1 Å². The molecule has 0 radical (unpaired) electrons. The minimum Gasteiger partial charge on any atom is -0.396 e. The fourth-order valence-corrected chi connectivity index (χ4v) is 4.73. The van der Waals surface area contributed by atoms with Crippen LogP contribution in [0.15, 0.2) is 78.9 Å². The third kappa shape index (κ3) is 3.78. The lowest BCUT2D eigenvalue weighted by Crippen LogP contribution is -2.24. The molecule has 0 amide bonds. The number of hydrogen-bond acceptors (Lipinski definition) is 1. The van der Waals surface area contributed by atoms with Crippen LogP contribution in [-0.4, -0.2) is 16.3 Å². The fraction of sp³-hybridized carbons (Fsp3) is 0.259. The van der Waals surface area contributed by atoms with Gasteiger partial charge < -0.3 is 9.67 Å². The maximum Gasteiger partial charge on any atom is 0.0842 e. The van der Waals surface area contributed by atoms with E-state index in [1.54, 1.807) is 0 Å². The molecule has 0 saturated heterocycles. The summed E-state index contributed by atoms with van der Waals surface area (Å²) in [7, 11) is 0. The van der Waals surface area contributed by atoms with Crippen molar-refractivity contribution in [2.24, 2.45) is 0 Å². The van der Waals surface area contributed by atoms with Gasteiger partial charge in [0.15, 0.2) is 0 Å². The summed E-state index contributed by atoms with van der Waals surface area (Å²) in [5.74, 6) is 0. The number of rotatable bonds is 5. The van der Waals surface area contributed by atoms with Gasteiger partial charge in [-0.2, -0.15) is 0 Å². The van der Waals surface area contributed by atoms with Crippen molar-refractivity contribution in [3.8, 4) is 0 Å². The van der Waals surface area contributed by atoms with E-state index in [1.165, 1.54) is 22.4 Å². The molecule has 1 aromatic heterocycles. The van der Waals surface area contributed by atoms with E-state index in [0.29, 0.717) is 6.42 Å². The predicted molar refractivity (Wildman–Crippen MR) is 127 cm³/mol. The lowest BCUT2D eigenvalue weighted by molar-refractivity contribution is 0.298. The zero-order valence-corrected chi connectivity index (χ0v) is 18.5. The number of nitrogens with zero attached hydrogens (tertiary/aromatic N) is 1. The molecular formula is C27H28ClNO. The molecule has 2 nitrogen and oxygen atoms in total. The van der Waals surface area contributed by atoms with Crippen LogP contribution in [0.25, 0.3) is 10.9 Å². The van der Waals surface area contributed by atoms with Crippen molar-refractivity contribution in [2.75, 3.05) is 6.61 Å². The normalized spacial score (nSPS) is 12.1. The zero-order chi connectivity index (χ0) is 21.3. The Kier molecular flexibility index (Phi) is 5.73. The highest BCUT2D eigenvalue weighted by molar-refractivity contribution is 6.31. The minimum atomic E-state index is -0.113. The molecule has 1 heterocycles. The van der Waals surface area contributed by atoms with E-state index in [-0.39, 0.29) is 18.1 Å². The fourth-order valence-electron chi connectivity index (χ4n) is 4.56. The van der Waals surface area contributed by atoms with Crippen LogP contribution in [0.1, 0.15) is 49.2 Å². The smallest absolute Gasteiger partial charge is 0.0842 e. The first-order valence-electron chi connectivity index (χ1n) is 10.5. The molecule has 0 atom stereocenters. The van der Waals surface area contributed by atoms with Gasteiger partial charge in [-0.25, -0.2) is 0 Å². The number of fused-ring (bicyclic) bond motifs is 1. The molecule has 0 fully saturated rings. The van der Waals surface area contributed by atoms with Crippen LogP contribution in [0.4, 0.5) is 0 Å². The number of aliphatic hydroxyl groups excluding tert-OH is 1. The van der Waals surface area contributed by atoms with Gasteiger partial charge in [0, 0.05) is 33.6 Å². The van der Waals surface area contributed by atoms with E-state index in [2.05, 4.69) is 92.1 Å². The Hall–Kier alpha value is -2.55. The summed E-state index contributed by atoms with van der Waals surface area (Å²) < 4.78 is 2.46. The number of aliphatic hydroxyl groups is 1. The second-order valence-corrected chi connectivity index (χ2v) is 9.24. The SMILES string of the molecule is CC(C)(C)c1c(CCO)c2cc(Cl)ccc2n1C(c1ccccc1)c1ccccc1. The summed E-state index contributed by atoms with van der Waals surface area (Å²) in [4.78, 5) is 0. The lowest BCUT2D eigenvalue weighted by atomic mass is 9.86. The van der Waals surface area contributed by atoms with Gasteiger partial charge in [0.25, 0.3) is 0 Å². The second kappa shape index (κ2) is 8.29. The zero-order valence-electron chi connectivity index (χ0n) is 17.8. The molecule has 0 spiro atoms. The quantitative estimate of drug-likeness (QED) is 0.381. The monoisotopic (exact) mass is 417 g/mol. The topological polar surface area (TPSA) is 25.2 Å². The molecular weight excluding hydrogens is 390 g/mol. The third-order valence-electron chi connectivity index (χ3n) is 5.63. The summed E-state index contributed by atoms with van der Waals surface area (Å²) in [6.07, 6.45) is 0.604. The first-order valence-corrected chi connectivity index (χ1v) is 10.8. The van der Waals surface area contributed by atoms with Crippen LogP contribution in [0.5, 0.6) is 0 Å². The van der Waals surface area contributed by atoms with Gasteiger partial charge >= 0.3 is 0 Å². The van der Waals surface area contributed by atoms with Gasteiger partial charge in [-0.15, -0.1) is 0 Å². The Morgan fingerprint density at radius 2 is 1.43 bits per heavy atom. The van der Waals surface area contributed by atoms with Crippen molar-refractivity contribution in [3.05, 3.63) is 106 Å². The molecule has 0 bridgehead atoms. The Morgan fingerprint density at radius 1 is 0.867 bits per heavy atom. The molecule has 154 valence electrons. The van der Waals surface area contributed by atoms with Crippen molar-refractivity contribution in [2.45, 2.75) is 38.6 Å². The third-order valence-corrected chi connectivity index (χ3v) is 5.87. The Balaban J connectivity index is 2.14. The van der Waals surface area contributed by atoms with Crippen LogP contribution in [0.2, 0.25) is 5.02 Å². The summed E-state index contributed by atoms with van der Waals surface area (Å²) >= 11 is 6.41. The molecule has 1 N–H and O–H groups in total. The molecule has 0 aliphatic rings. The van der Waals surface area contributed by atoms with Crippen LogP contribution in [0.3, 0.4) is 0 Å². The average Bonchev–Trinajstić information content (AvgIpc) is 3.04. The van der Waals surface area contributed by atoms with Gasteiger partial charge in [0.05, 0.1) is 6.04 Å². The maximum absolute atomic E-state index is 9.88. The highest BCUT2D eigenvalue weighted by Gasteiger charge is 2.31. The molecule has 3 heteroatoms. The summed E-state index contributed by atoms with van der Waals surface area (Å²) in [6.45, 7) is 6.84. The standard InChI is InChI=1S/C27H28ClNO/c1-27(2,3)26-22(16-17-30)23-18-21(28)14-15-24(23)29(26)25(19-10-6-4-7-11-19)20-12-8-5-9-13-20/h4-15,18,25,30H,16-17H2,1-3H3. The van der Waals surface area contributed by atoms with Crippen molar-refractivity contribution in [1.29, 1.82) is 0 Å². The van der Waals surface area contributed by atoms with Crippen molar-refractivity contribution in [1.82, 2.24) is 4.57 Å². The molecule has 3 aromatic carbocycles. The molecule has 0 unspecified atom stereocenters. The predicted octanol–water partition coefficient (Wildman–Crippen LogP) is 6.76. The van der Waals surface area contributed by atoms with E-state index >= 15 is 0 Å². The molecule has 4 rings (SSSR count). The first kappa shape index (κ1) is 20.7. The summed E-state index contributed by atoms with van der Waals surface area (Å²) in [5.41, 5.74) is 5.92. The first-order chi connectivity index (χ1) is 14.4. The van der Waals surface area contributed by atoms with Crippen LogP contribution >= 0.6 is 11.6 Å². The Morgan fingerprint density at radius 3 is 1.93 bits per heavy atom. The van der Waals surface area contributed by atoms with Gasteiger partial charge in [0.1, 0.15) is 0 Å². The van der Waals surface area contributed by atoms with Crippen molar-refractivity contribution < 1.29 is 5.11 Å². The number of aromatic nitrogens is 1.